The third-order valence-electron chi connectivity index (χ3n) is 10.6. The van der Waals surface area contributed by atoms with E-state index in [1.54, 1.807) is 0 Å². The summed E-state index contributed by atoms with van der Waals surface area (Å²) in [6.07, 6.45) is 0. The van der Waals surface area contributed by atoms with Gasteiger partial charge in [0, 0.05) is 49.4 Å². The molecule has 0 aliphatic rings. The maximum Gasteiger partial charge on any atom is 0.164 e. The Hall–Kier alpha value is -7.63. The second-order valence-electron chi connectivity index (χ2n) is 13.9. The molecule has 0 saturated carbocycles. The minimum absolute atomic E-state index is 0.587. The zero-order chi connectivity index (χ0) is 37.0. The van der Waals surface area contributed by atoms with Crippen LogP contribution >= 0.6 is 0 Å². The molecule has 0 amide bonds. The lowest BCUT2D eigenvalue weighted by atomic mass is 9.93. The standard InChI is InChI=1S/C51H31N3O2/c1-4-14-32(15-5-1)33-26-28-34(29-27-33)42-30-37(31-43-39-20-10-11-24-44(39)55-48(42)43)38-21-12-22-40-46-41(23-13-25-45(46)56-47(38)40)51-53-49(35-16-6-2-7-17-35)52-50(54-51)36-18-8-3-9-19-36/h1-31H. The number of fused-ring (bicyclic) bond motifs is 6. The van der Waals surface area contributed by atoms with Crippen LogP contribution in [0, 0.1) is 0 Å². The quantitative estimate of drug-likeness (QED) is 0.171. The van der Waals surface area contributed by atoms with E-state index < -0.39 is 0 Å². The van der Waals surface area contributed by atoms with E-state index >= 15 is 0 Å². The van der Waals surface area contributed by atoms with E-state index in [1.165, 1.54) is 11.1 Å². The van der Waals surface area contributed by atoms with Crippen molar-refractivity contribution in [3.63, 3.8) is 0 Å². The minimum atomic E-state index is 0.587. The van der Waals surface area contributed by atoms with Crippen molar-refractivity contribution in [2.45, 2.75) is 0 Å². The maximum atomic E-state index is 6.83. The molecule has 8 aromatic carbocycles. The number of nitrogens with zero attached hydrogens (tertiary/aromatic N) is 3. The molecular formula is C51H31N3O2. The van der Waals surface area contributed by atoms with E-state index in [1.807, 2.05) is 91.0 Å². The molecule has 3 heterocycles. The van der Waals surface area contributed by atoms with E-state index in [4.69, 9.17) is 23.8 Å². The number of benzene rings is 8. The minimum Gasteiger partial charge on any atom is -0.455 e. The molecule has 0 bridgehead atoms. The van der Waals surface area contributed by atoms with Gasteiger partial charge in [-0.25, -0.2) is 15.0 Å². The molecule has 0 aliphatic heterocycles. The van der Waals surface area contributed by atoms with E-state index in [9.17, 15) is 0 Å². The van der Waals surface area contributed by atoms with Crippen LogP contribution in [0.3, 0.4) is 0 Å². The van der Waals surface area contributed by atoms with Crippen LogP contribution in [0.4, 0.5) is 0 Å². The lowest BCUT2D eigenvalue weighted by Gasteiger charge is -2.10. The molecule has 56 heavy (non-hydrogen) atoms. The fraction of sp³-hybridized carbons (Fsp3) is 0. The fourth-order valence-corrected chi connectivity index (χ4v) is 7.86. The summed E-state index contributed by atoms with van der Waals surface area (Å²) in [5.41, 5.74) is 12.5. The SMILES string of the molecule is c1ccc(-c2ccc(-c3cc(-c4cccc5c4oc4cccc(-c6nc(-c7ccccc7)nc(-c7ccccc7)n6)c45)cc4c3oc3ccccc34)cc2)cc1. The Bertz CT molecular complexity index is 3170. The first kappa shape index (κ1) is 31.9. The van der Waals surface area contributed by atoms with Gasteiger partial charge in [-0.1, -0.05) is 164 Å². The molecule has 3 aromatic heterocycles. The highest BCUT2D eigenvalue weighted by Crippen LogP contribution is 2.44. The van der Waals surface area contributed by atoms with E-state index in [2.05, 4.69) is 97.1 Å². The van der Waals surface area contributed by atoms with Crippen LogP contribution in [0.2, 0.25) is 0 Å². The molecule has 0 radical (unpaired) electrons. The van der Waals surface area contributed by atoms with Crippen LogP contribution in [0.25, 0.3) is 111 Å². The Morgan fingerprint density at radius 1 is 0.286 bits per heavy atom. The third kappa shape index (κ3) is 5.37. The molecule has 11 rings (SSSR count). The number of aromatic nitrogens is 3. The summed E-state index contributed by atoms with van der Waals surface area (Å²) in [6, 6.07) is 64.5. The average molecular weight is 718 g/mol. The largest absolute Gasteiger partial charge is 0.455 e. The first-order valence-corrected chi connectivity index (χ1v) is 18.7. The smallest absolute Gasteiger partial charge is 0.164 e. The summed E-state index contributed by atoms with van der Waals surface area (Å²) in [5.74, 6) is 1.82. The van der Waals surface area contributed by atoms with Gasteiger partial charge in [0.25, 0.3) is 0 Å². The highest BCUT2D eigenvalue weighted by atomic mass is 16.3. The zero-order valence-electron chi connectivity index (χ0n) is 30.1. The lowest BCUT2D eigenvalue weighted by molar-refractivity contribution is 0.669. The summed E-state index contributed by atoms with van der Waals surface area (Å²) in [5, 5.41) is 4.08. The molecule has 0 unspecified atom stereocenters. The van der Waals surface area contributed by atoms with Crippen LogP contribution in [0.15, 0.2) is 197 Å². The summed E-state index contributed by atoms with van der Waals surface area (Å²) in [7, 11) is 0. The molecule has 0 aliphatic carbocycles. The Morgan fingerprint density at radius 3 is 1.50 bits per heavy atom. The molecule has 0 saturated heterocycles. The van der Waals surface area contributed by atoms with Crippen molar-refractivity contribution in [3.05, 3.63) is 188 Å². The molecule has 0 N–H and O–H groups in total. The number of rotatable bonds is 6. The predicted octanol–water partition coefficient (Wildman–Crippen LogP) is 13.7. The second kappa shape index (κ2) is 13.0. The first-order chi connectivity index (χ1) is 27.7. The van der Waals surface area contributed by atoms with Gasteiger partial charge >= 0.3 is 0 Å². The lowest BCUT2D eigenvalue weighted by Crippen LogP contribution is -2.00. The molecule has 5 heteroatoms. The predicted molar refractivity (Wildman–Crippen MR) is 227 cm³/mol. The van der Waals surface area contributed by atoms with Gasteiger partial charge in [-0.05, 0) is 46.5 Å². The van der Waals surface area contributed by atoms with Gasteiger partial charge in [0.15, 0.2) is 17.5 Å². The topological polar surface area (TPSA) is 65.0 Å². The van der Waals surface area contributed by atoms with Crippen molar-refractivity contribution in [2.24, 2.45) is 0 Å². The molecule has 0 fully saturated rings. The van der Waals surface area contributed by atoms with Gasteiger partial charge in [0.1, 0.15) is 22.3 Å². The van der Waals surface area contributed by atoms with E-state index in [0.29, 0.717) is 17.5 Å². The van der Waals surface area contributed by atoms with Gasteiger partial charge in [-0.15, -0.1) is 0 Å². The van der Waals surface area contributed by atoms with Crippen molar-refractivity contribution in [2.75, 3.05) is 0 Å². The van der Waals surface area contributed by atoms with Crippen molar-refractivity contribution in [3.8, 4) is 67.5 Å². The Labute approximate surface area is 322 Å². The molecule has 262 valence electrons. The van der Waals surface area contributed by atoms with Crippen molar-refractivity contribution in [1.29, 1.82) is 0 Å². The zero-order valence-corrected chi connectivity index (χ0v) is 30.1. The highest BCUT2D eigenvalue weighted by molar-refractivity contribution is 6.17. The first-order valence-electron chi connectivity index (χ1n) is 18.7. The summed E-state index contributed by atoms with van der Waals surface area (Å²) >= 11 is 0. The fourth-order valence-electron chi connectivity index (χ4n) is 7.86. The Morgan fingerprint density at radius 2 is 0.786 bits per heavy atom. The molecule has 0 spiro atoms. The van der Waals surface area contributed by atoms with Crippen LogP contribution in [-0.4, -0.2) is 15.0 Å². The normalized spacial score (nSPS) is 11.6. The second-order valence-corrected chi connectivity index (χ2v) is 13.9. The van der Waals surface area contributed by atoms with Crippen molar-refractivity contribution >= 4 is 43.9 Å². The number of hydrogen-bond donors (Lipinski definition) is 0. The number of hydrogen-bond acceptors (Lipinski definition) is 5. The summed E-state index contributed by atoms with van der Waals surface area (Å²) in [4.78, 5) is 15.1. The van der Waals surface area contributed by atoms with Gasteiger partial charge in [0.2, 0.25) is 0 Å². The third-order valence-corrected chi connectivity index (χ3v) is 10.6. The van der Waals surface area contributed by atoms with Gasteiger partial charge < -0.3 is 8.83 Å². The Balaban J connectivity index is 1.11. The van der Waals surface area contributed by atoms with Gasteiger partial charge in [-0.3, -0.25) is 0 Å². The van der Waals surface area contributed by atoms with E-state index in [0.717, 1.165) is 82.8 Å². The van der Waals surface area contributed by atoms with Gasteiger partial charge in [-0.2, -0.15) is 0 Å². The Kier molecular flexibility index (Phi) is 7.42. The van der Waals surface area contributed by atoms with Crippen molar-refractivity contribution < 1.29 is 8.83 Å². The molecule has 0 atom stereocenters. The summed E-state index contributed by atoms with van der Waals surface area (Å²) < 4.78 is 13.4. The molecule has 11 aromatic rings. The van der Waals surface area contributed by atoms with Crippen LogP contribution < -0.4 is 0 Å². The summed E-state index contributed by atoms with van der Waals surface area (Å²) in [6.45, 7) is 0. The number of furan rings is 2. The molecular weight excluding hydrogens is 687 g/mol. The van der Waals surface area contributed by atoms with Crippen molar-refractivity contribution in [1.82, 2.24) is 15.0 Å². The highest BCUT2D eigenvalue weighted by Gasteiger charge is 2.21. The van der Waals surface area contributed by atoms with Gasteiger partial charge in [0.05, 0.1) is 0 Å². The average Bonchev–Trinajstić information content (AvgIpc) is 3.86. The monoisotopic (exact) mass is 717 g/mol. The molecule has 5 nitrogen and oxygen atoms in total. The van der Waals surface area contributed by atoms with Crippen LogP contribution in [0.5, 0.6) is 0 Å². The maximum absolute atomic E-state index is 6.83. The van der Waals surface area contributed by atoms with Crippen LogP contribution in [-0.2, 0) is 0 Å². The number of para-hydroxylation sites is 2. The van der Waals surface area contributed by atoms with E-state index in [-0.39, 0.29) is 0 Å². The van der Waals surface area contributed by atoms with Crippen LogP contribution in [0.1, 0.15) is 0 Å².